The van der Waals surface area contributed by atoms with Crippen LogP contribution in [0.25, 0.3) is 0 Å². The Labute approximate surface area is 108 Å². The van der Waals surface area contributed by atoms with Gasteiger partial charge in [0.25, 0.3) is 0 Å². The van der Waals surface area contributed by atoms with Crippen molar-refractivity contribution in [3.05, 3.63) is 12.4 Å². The molecule has 1 fully saturated rings. The predicted molar refractivity (Wildman–Crippen MR) is 71.4 cm³/mol. The number of nitrogens with zero attached hydrogens (tertiary/aromatic N) is 2. The van der Waals surface area contributed by atoms with Crippen LogP contribution in [0.1, 0.15) is 39.0 Å². The Morgan fingerprint density at radius 3 is 3.06 bits per heavy atom. The van der Waals surface area contributed by atoms with Crippen LogP contribution in [0.15, 0.2) is 12.4 Å². The van der Waals surface area contributed by atoms with Gasteiger partial charge < -0.3 is 10.6 Å². The van der Waals surface area contributed by atoms with Crippen LogP contribution in [-0.2, 0) is 11.3 Å². The Kier molecular flexibility index (Phi) is 4.61. The van der Waals surface area contributed by atoms with Crippen molar-refractivity contribution >= 4 is 11.6 Å². The van der Waals surface area contributed by atoms with E-state index in [0.717, 1.165) is 25.1 Å². The van der Waals surface area contributed by atoms with E-state index in [9.17, 15) is 4.79 Å². The Morgan fingerprint density at radius 2 is 2.33 bits per heavy atom. The first-order chi connectivity index (χ1) is 8.78. The van der Waals surface area contributed by atoms with Crippen molar-refractivity contribution in [2.24, 2.45) is 0 Å². The molecule has 5 heteroatoms. The van der Waals surface area contributed by atoms with E-state index in [1.165, 1.54) is 19.3 Å². The van der Waals surface area contributed by atoms with Crippen LogP contribution >= 0.6 is 0 Å². The zero-order valence-corrected chi connectivity index (χ0v) is 11.0. The fourth-order valence-electron chi connectivity index (χ4n) is 1.80. The molecule has 0 atom stereocenters. The van der Waals surface area contributed by atoms with Gasteiger partial charge in [-0.05, 0) is 19.3 Å². The molecule has 0 unspecified atom stereocenters. The van der Waals surface area contributed by atoms with Crippen molar-refractivity contribution in [2.45, 2.75) is 51.6 Å². The molecule has 1 aliphatic rings. The lowest BCUT2D eigenvalue weighted by atomic mass is 10.2. The van der Waals surface area contributed by atoms with Crippen LogP contribution in [0.5, 0.6) is 0 Å². The fraction of sp³-hybridized carbons (Fsp3) is 0.692. The molecule has 0 saturated heterocycles. The predicted octanol–water partition coefficient (Wildman–Crippen LogP) is 1.76. The Hall–Kier alpha value is -1.52. The number of anilines is 1. The average molecular weight is 250 g/mol. The number of nitrogens with one attached hydrogen (secondary N) is 2. The summed E-state index contributed by atoms with van der Waals surface area (Å²) in [6, 6.07) is 0.416. The number of carbonyl (C=O) groups is 1. The second kappa shape index (κ2) is 6.42. The number of aromatic nitrogens is 2. The van der Waals surface area contributed by atoms with E-state index in [4.69, 9.17) is 0 Å². The molecule has 1 aliphatic carbocycles. The van der Waals surface area contributed by atoms with Gasteiger partial charge in [0.15, 0.2) is 0 Å². The maximum atomic E-state index is 11.6. The average Bonchev–Trinajstić information content (AvgIpc) is 3.04. The molecule has 1 amide bonds. The Morgan fingerprint density at radius 1 is 1.50 bits per heavy atom. The molecule has 0 aliphatic heterocycles. The van der Waals surface area contributed by atoms with Gasteiger partial charge in [-0.2, -0.15) is 5.10 Å². The minimum Gasteiger partial charge on any atom is -0.383 e. The molecule has 2 rings (SSSR count). The molecule has 0 spiro atoms. The molecule has 0 radical (unpaired) electrons. The van der Waals surface area contributed by atoms with E-state index in [1.54, 1.807) is 10.9 Å². The molecule has 0 aromatic carbocycles. The second-order valence-electron chi connectivity index (χ2n) is 4.90. The van der Waals surface area contributed by atoms with Crippen LogP contribution in [0.2, 0.25) is 0 Å². The van der Waals surface area contributed by atoms with E-state index in [-0.39, 0.29) is 5.91 Å². The van der Waals surface area contributed by atoms with Crippen molar-refractivity contribution in [3.8, 4) is 0 Å². The first-order valence-electron chi connectivity index (χ1n) is 6.83. The van der Waals surface area contributed by atoms with Crippen molar-refractivity contribution in [3.63, 3.8) is 0 Å². The molecular formula is C13H22N4O. The van der Waals surface area contributed by atoms with Gasteiger partial charge in [0.1, 0.15) is 6.54 Å². The van der Waals surface area contributed by atoms with E-state index in [0.29, 0.717) is 12.6 Å². The highest BCUT2D eigenvalue weighted by molar-refractivity contribution is 5.76. The Bertz CT molecular complexity index is 384. The fourth-order valence-corrected chi connectivity index (χ4v) is 1.80. The lowest BCUT2D eigenvalue weighted by Gasteiger charge is -2.03. The van der Waals surface area contributed by atoms with Gasteiger partial charge in [0.2, 0.25) is 5.91 Å². The summed E-state index contributed by atoms with van der Waals surface area (Å²) in [7, 11) is 0. The summed E-state index contributed by atoms with van der Waals surface area (Å²) in [6.07, 6.45) is 9.54. The van der Waals surface area contributed by atoms with Crippen molar-refractivity contribution in [1.29, 1.82) is 0 Å². The molecule has 0 bridgehead atoms. The zero-order valence-electron chi connectivity index (χ0n) is 11.0. The highest BCUT2D eigenvalue weighted by atomic mass is 16.2. The van der Waals surface area contributed by atoms with Crippen LogP contribution in [0, 0.1) is 0 Å². The number of unbranched alkanes of at least 4 members (excludes halogenated alkanes) is 2. The third-order valence-corrected chi connectivity index (χ3v) is 2.99. The first-order valence-corrected chi connectivity index (χ1v) is 6.83. The maximum Gasteiger partial charge on any atom is 0.241 e. The van der Waals surface area contributed by atoms with Crippen molar-refractivity contribution < 1.29 is 4.79 Å². The normalized spacial score (nSPS) is 14.5. The van der Waals surface area contributed by atoms with Gasteiger partial charge >= 0.3 is 0 Å². The summed E-state index contributed by atoms with van der Waals surface area (Å²) >= 11 is 0. The van der Waals surface area contributed by atoms with Gasteiger partial charge in [-0.15, -0.1) is 0 Å². The topological polar surface area (TPSA) is 59.0 Å². The summed E-state index contributed by atoms with van der Waals surface area (Å²) in [5, 5.41) is 10.4. The third-order valence-electron chi connectivity index (χ3n) is 2.99. The summed E-state index contributed by atoms with van der Waals surface area (Å²) in [5.74, 6) is 0.0538. The van der Waals surface area contributed by atoms with Gasteiger partial charge in [-0.25, -0.2) is 0 Å². The summed E-state index contributed by atoms with van der Waals surface area (Å²) in [4.78, 5) is 11.6. The van der Waals surface area contributed by atoms with Crippen LogP contribution < -0.4 is 10.6 Å². The maximum absolute atomic E-state index is 11.6. The lowest BCUT2D eigenvalue weighted by molar-refractivity contribution is -0.122. The quantitative estimate of drug-likeness (QED) is 0.691. The number of rotatable bonds is 8. The number of carbonyl (C=O) groups excluding carboxylic acids is 1. The van der Waals surface area contributed by atoms with E-state index in [2.05, 4.69) is 22.7 Å². The third kappa shape index (κ3) is 4.39. The van der Waals surface area contributed by atoms with Crippen LogP contribution in [0.3, 0.4) is 0 Å². The van der Waals surface area contributed by atoms with Gasteiger partial charge in [0.05, 0.1) is 11.9 Å². The molecule has 5 nitrogen and oxygen atoms in total. The number of hydrogen-bond donors (Lipinski definition) is 2. The van der Waals surface area contributed by atoms with Crippen molar-refractivity contribution in [1.82, 2.24) is 15.1 Å². The SMILES string of the molecule is CCCCCNc1cnn(CC(=O)NC2CC2)c1. The molecular weight excluding hydrogens is 228 g/mol. The highest BCUT2D eigenvalue weighted by Gasteiger charge is 2.23. The molecule has 100 valence electrons. The summed E-state index contributed by atoms with van der Waals surface area (Å²) in [5.41, 5.74) is 0.991. The minimum absolute atomic E-state index is 0.0538. The second-order valence-corrected chi connectivity index (χ2v) is 4.90. The number of amides is 1. The van der Waals surface area contributed by atoms with E-state index < -0.39 is 0 Å². The number of hydrogen-bond acceptors (Lipinski definition) is 3. The molecule has 2 N–H and O–H groups in total. The standard InChI is InChI=1S/C13H22N4O/c1-2-3-4-7-14-12-8-15-17(9-12)10-13(18)16-11-5-6-11/h8-9,11,14H,2-7,10H2,1H3,(H,16,18). The Balaban J connectivity index is 1.69. The monoisotopic (exact) mass is 250 g/mol. The van der Waals surface area contributed by atoms with E-state index >= 15 is 0 Å². The van der Waals surface area contributed by atoms with Crippen LogP contribution in [0.4, 0.5) is 5.69 Å². The molecule has 1 heterocycles. The van der Waals surface area contributed by atoms with Gasteiger partial charge in [-0.1, -0.05) is 19.8 Å². The van der Waals surface area contributed by atoms with Crippen LogP contribution in [-0.4, -0.2) is 28.3 Å². The molecule has 1 aromatic rings. The smallest absolute Gasteiger partial charge is 0.241 e. The van der Waals surface area contributed by atoms with Gasteiger partial charge in [0, 0.05) is 18.8 Å². The highest BCUT2D eigenvalue weighted by Crippen LogP contribution is 2.18. The largest absolute Gasteiger partial charge is 0.383 e. The summed E-state index contributed by atoms with van der Waals surface area (Å²) < 4.78 is 1.68. The first kappa shape index (κ1) is 12.9. The minimum atomic E-state index is 0.0538. The molecule has 1 aromatic heterocycles. The zero-order chi connectivity index (χ0) is 12.8. The molecule has 1 saturated carbocycles. The van der Waals surface area contributed by atoms with E-state index in [1.807, 2.05) is 6.20 Å². The summed E-state index contributed by atoms with van der Waals surface area (Å²) in [6.45, 7) is 3.47. The molecule has 18 heavy (non-hydrogen) atoms. The van der Waals surface area contributed by atoms with Crippen molar-refractivity contribution in [2.75, 3.05) is 11.9 Å². The lowest BCUT2D eigenvalue weighted by Crippen LogP contribution is -2.29. The van der Waals surface area contributed by atoms with Gasteiger partial charge in [-0.3, -0.25) is 9.48 Å².